The highest BCUT2D eigenvalue weighted by Crippen LogP contribution is 2.28. The van der Waals surface area contributed by atoms with Crippen LogP contribution < -0.4 is 16.4 Å². The van der Waals surface area contributed by atoms with Crippen LogP contribution in [0.4, 0.5) is 0 Å². The summed E-state index contributed by atoms with van der Waals surface area (Å²) in [5, 5.41) is 6.08. The third kappa shape index (κ3) is 5.13. The van der Waals surface area contributed by atoms with Crippen molar-refractivity contribution in [3.8, 4) is 0 Å². The first-order chi connectivity index (χ1) is 10.0. The van der Waals surface area contributed by atoms with E-state index in [4.69, 9.17) is 5.73 Å². The minimum atomic E-state index is -0.202. The van der Waals surface area contributed by atoms with Crippen LogP contribution in [0.5, 0.6) is 0 Å². The van der Waals surface area contributed by atoms with Crippen LogP contribution in [-0.4, -0.2) is 29.9 Å². The molecule has 1 unspecified atom stereocenters. The van der Waals surface area contributed by atoms with Gasteiger partial charge in [0, 0.05) is 24.9 Å². The molecule has 0 radical (unpaired) electrons. The van der Waals surface area contributed by atoms with Gasteiger partial charge < -0.3 is 16.4 Å². The Labute approximate surface area is 139 Å². The van der Waals surface area contributed by atoms with E-state index in [2.05, 4.69) is 10.6 Å². The predicted molar refractivity (Wildman–Crippen MR) is 89.8 cm³/mol. The van der Waals surface area contributed by atoms with Gasteiger partial charge in [0.25, 0.3) is 0 Å². The van der Waals surface area contributed by atoms with E-state index in [0.717, 1.165) is 51.4 Å². The van der Waals surface area contributed by atoms with E-state index in [0.29, 0.717) is 13.0 Å². The van der Waals surface area contributed by atoms with Gasteiger partial charge in [-0.15, -0.1) is 12.4 Å². The van der Waals surface area contributed by atoms with Crippen molar-refractivity contribution in [1.29, 1.82) is 0 Å². The number of halogens is 1. The third-order valence-corrected chi connectivity index (χ3v) is 4.96. The van der Waals surface area contributed by atoms with Gasteiger partial charge in [-0.1, -0.05) is 25.7 Å². The molecule has 2 rings (SSSR count). The zero-order valence-electron chi connectivity index (χ0n) is 13.5. The van der Waals surface area contributed by atoms with Crippen molar-refractivity contribution in [2.45, 2.75) is 76.3 Å². The second-order valence-electron chi connectivity index (χ2n) is 6.83. The van der Waals surface area contributed by atoms with Crippen LogP contribution in [0, 0.1) is 5.92 Å². The number of nitrogens with one attached hydrogen (secondary N) is 2. The van der Waals surface area contributed by atoms with Crippen LogP contribution in [-0.2, 0) is 9.59 Å². The number of hydrogen-bond acceptors (Lipinski definition) is 3. The van der Waals surface area contributed by atoms with Crippen LogP contribution in [0.25, 0.3) is 0 Å². The highest BCUT2D eigenvalue weighted by molar-refractivity contribution is 5.85. The van der Waals surface area contributed by atoms with Crippen LogP contribution in [0.2, 0.25) is 0 Å². The molecule has 128 valence electrons. The van der Waals surface area contributed by atoms with Gasteiger partial charge in [0.05, 0.1) is 5.54 Å². The lowest BCUT2D eigenvalue weighted by molar-refractivity contribution is -0.126. The van der Waals surface area contributed by atoms with Crippen molar-refractivity contribution < 1.29 is 9.59 Å². The lowest BCUT2D eigenvalue weighted by Gasteiger charge is -2.29. The molecule has 4 N–H and O–H groups in total. The average Bonchev–Trinajstić information content (AvgIpc) is 3.09. The molecule has 0 aliphatic heterocycles. The second kappa shape index (κ2) is 8.73. The molecule has 2 aliphatic carbocycles. The Morgan fingerprint density at radius 1 is 1.18 bits per heavy atom. The van der Waals surface area contributed by atoms with E-state index in [1.54, 1.807) is 0 Å². The standard InChI is InChI=1S/C16H29N3O2.ClH/c1-12(18-15(21)13-6-2-3-7-13)10-14(20)19-16(11-17)8-4-5-9-16;/h12-13H,2-11,17H2,1H3,(H,18,21)(H,19,20);1H. The van der Waals surface area contributed by atoms with Crippen LogP contribution >= 0.6 is 12.4 Å². The average molecular weight is 332 g/mol. The van der Waals surface area contributed by atoms with Crippen molar-refractivity contribution in [3.05, 3.63) is 0 Å². The molecular weight excluding hydrogens is 302 g/mol. The molecule has 1 atom stereocenters. The topological polar surface area (TPSA) is 84.2 Å². The van der Waals surface area contributed by atoms with E-state index in [9.17, 15) is 9.59 Å². The van der Waals surface area contributed by atoms with E-state index >= 15 is 0 Å². The normalized spacial score (nSPS) is 21.9. The van der Waals surface area contributed by atoms with Crippen LogP contribution in [0.15, 0.2) is 0 Å². The van der Waals surface area contributed by atoms with Gasteiger partial charge in [0.1, 0.15) is 0 Å². The van der Waals surface area contributed by atoms with Gasteiger partial charge in [0.2, 0.25) is 11.8 Å². The Morgan fingerprint density at radius 2 is 1.77 bits per heavy atom. The maximum Gasteiger partial charge on any atom is 0.223 e. The Balaban J connectivity index is 0.00000242. The summed E-state index contributed by atoms with van der Waals surface area (Å²) in [6.45, 7) is 2.40. The fourth-order valence-electron chi connectivity index (χ4n) is 3.66. The quantitative estimate of drug-likeness (QED) is 0.694. The van der Waals surface area contributed by atoms with Crippen molar-refractivity contribution in [2.24, 2.45) is 11.7 Å². The number of nitrogens with two attached hydrogens (primary N) is 1. The molecular formula is C16H30ClN3O2. The number of rotatable bonds is 6. The summed E-state index contributed by atoms with van der Waals surface area (Å²) < 4.78 is 0. The zero-order chi connectivity index (χ0) is 15.3. The van der Waals surface area contributed by atoms with Crippen molar-refractivity contribution in [2.75, 3.05) is 6.54 Å². The molecule has 0 saturated heterocycles. The van der Waals surface area contributed by atoms with Gasteiger partial charge in [-0.3, -0.25) is 9.59 Å². The molecule has 2 fully saturated rings. The number of carbonyl (C=O) groups is 2. The summed E-state index contributed by atoms with van der Waals surface area (Å²) in [6.07, 6.45) is 8.80. The number of hydrogen-bond donors (Lipinski definition) is 3. The Kier molecular flexibility index (Phi) is 7.63. The summed E-state index contributed by atoms with van der Waals surface area (Å²) >= 11 is 0. The first-order valence-electron chi connectivity index (χ1n) is 8.36. The fraction of sp³-hybridized carbons (Fsp3) is 0.875. The molecule has 0 aromatic rings. The molecule has 0 spiro atoms. The third-order valence-electron chi connectivity index (χ3n) is 4.96. The first kappa shape index (κ1) is 19.2. The molecule has 22 heavy (non-hydrogen) atoms. The fourth-order valence-corrected chi connectivity index (χ4v) is 3.66. The van der Waals surface area contributed by atoms with Gasteiger partial charge in [0.15, 0.2) is 0 Å². The number of amides is 2. The second-order valence-corrected chi connectivity index (χ2v) is 6.83. The Bertz CT molecular complexity index is 378. The van der Waals surface area contributed by atoms with E-state index in [-0.39, 0.29) is 41.7 Å². The lowest BCUT2D eigenvalue weighted by Crippen LogP contribution is -2.52. The molecule has 2 saturated carbocycles. The summed E-state index contributed by atoms with van der Waals surface area (Å²) in [4.78, 5) is 24.2. The molecule has 0 bridgehead atoms. The van der Waals surface area contributed by atoms with Gasteiger partial charge in [-0.2, -0.15) is 0 Å². The van der Waals surface area contributed by atoms with Crippen LogP contribution in [0.3, 0.4) is 0 Å². The summed E-state index contributed by atoms with van der Waals surface area (Å²) in [5.74, 6) is 0.268. The molecule has 2 amide bonds. The summed E-state index contributed by atoms with van der Waals surface area (Å²) in [7, 11) is 0. The van der Waals surface area contributed by atoms with Gasteiger partial charge >= 0.3 is 0 Å². The maximum atomic E-state index is 12.2. The SMILES string of the molecule is CC(CC(=O)NC1(CN)CCCC1)NC(=O)C1CCCC1.Cl. The largest absolute Gasteiger partial charge is 0.353 e. The summed E-state index contributed by atoms with van der Waals surface area (Å²) in [5.41, 5.74) is 5.62. The van der Waals surface area contributed by atoms with Gasteiger partial charge in [-0.25, -0.2) is 0 Å². The zero-order valence-corrected chi connectivity index (χ0v) is 14.3. The highest BCUT2D eigenvalue weighted by Gasteiger charge is 2.34. The lowest BCUT2D eigenvalue weighted by atomic mass is 9.97. The van der Waals surface area contributed by atoms with Crippen molar-refractivity contribution in [3.63, 3.8) is 0 Å². The molecule has 0 aromatic carbocycles. The first-order valence-corrected chi connectivity index (χ1v) is 8.36. The van der Waals surface area contributed by atoms with Gasteiger partial charge in [-0.05, 0) is 32.6 Å². The van der Waals surface area contributed by atoms with E-state index in [1.165, 1.54) is 0 Å². The number of carbonyl (C=O) groups excluding carboxylic acids is 2. The summed E-state index contributed by atoms with van der Waals surface area (Å²) in [6, 6.07) is -0.116. The van der Waals surface area contributed by atoms with E-state index < -0.39 is 0 Å². The van der Waals surface area contributed by atoms with E-state index in [1.807, 2.05) is 6.92 Å². The Morgan fingerprint density at radius 3 is 2.32 bits per heavy atom. The molecule has 0 heterocycles. The molecule has 2 aliphatic rings. The smallest absolute Gasteiger partial charge is 0.223 e. The van der Waals surface area contributed by atoms with Crippen LogP contribution in [0.1, 0.15) is 64.7 Å². The van der Waals surface area contributed by atoms with Crippen molar-refractivity contribution in [1.82, 2.24) is 10.6 Å². The monoisotopic (exact) mass is 331 g/mol. The minimum absolute atomic E-state index is 0. The highest BCUT2D eigenvalue weighted by atomic mass is 35.5. The molecule has 5 nitrogen and oxygen atoms in total. The Hall–Kier alpha value is -0.810. The minimum Gasteiger partial charge on any atom is -0.353 e. The predicted octanol–water partition coefficient (Wildman–Crippen LogP) is 1.88. The van der Waals surface area contributed by atoms with Crippen molar-refractivity contribution >= 4 is 24.2 Å². The maximum absolute atomic E-state index is 12.2. The molecule has 6 heteroatoms. The molecule has 0 aromatic heterocycles.